The van der Waals surface area contributed by atoms with Gasteiger partial charge in [-0.1, -0.05) is 35.5 Å². The second-order valence-electron chi connectivity index (χ2n) is 4.88. The van der Waals surface area contributed by atoms with Crippen molar-refractivity contribution in [3.63, 3.8) is 0 Å². The van der Waals surface area contributed by atoms with E-state index in [2.05, 4.69) is 15.1 Å². The molecule has 5 nitrogen and oxygen atoms in total. The molecular weight excluding hydrogens is 284 g/mol. The zero-order valence-corrected chi connectivity index (χ0v) is 12.5. The number of aryl methyl sites for hydroxylation is 1. The summed E-state index contributed by atoms with van der Waals surface area (Å²) in [6, 6.07) is 9.75. The largest absolute Gasteiger partial charge is 0.338 e. The summed E-state index contributed by atoms with van der Waals surface area (Å²) in [6.45, 7) is 1.98. The van der Waals surface area contributed by atoms with Gasteiger partial charge in [0.05, 0.1) is 23.2 Å². The summed E-state index contributed by atoms with van der Waals surface area (Å²) in [5.74, 6) is 1.10. The molecule has 0 radical (unpaired) electrons. The smallest absolute Gasteiger partial charge is 0.243 e. The van der Waals surface area contributed by atoms with Crippen molar-refractivity contribution in [2.24, 2.45) is 5.73 Å². The van der Waals surface area contributed by atoms with E-state index in [9.17, 15) is 0 Å². The third-order valence-electron chi connectivity index (χ3n) is 3.11. The van der Waals surface area contributed by atoms with Crippen molar-refractivity contribution in [2.75, 3.05) is 0 Å². The third-order valence-corrected chi connectivity index (χ3v) is 3.93. The number of nitrogens with zero attached hydrogens (tertiary/aromatic N) is 3. The fraction of sp³-hybridized carbons (Fsp3) is 0.267. The minimum atomic E-state index is -0.286. The molecule has 2 N–H and O–H groups in total. The van der Waals surface area contributed by atoms with Gasteiger partial charge in [0.15, 0.2) is 5.82 Å². The van der Waals surface area contributed by atoms with Crippen LogP contribution in [0.3, 0.4) is 0 Å². The molecular formula is C15H16N4OS. The molecule has 0 saturated heterocycles. The van der Waals surface area contributed by atoms with Crippen LogP contribution in [0.15, 0.2) is 40.2 Å². The summed E-state index contributed by atoms with van der Waals surface area (Å²) in [5.41, 5.74) is 8.24. The van der Waals surface area contributed by atoms with Gasteiger partial charge < -0.3 is 10.3 Å². The molecule has 0 fully saturated rings. The van der Waals surface area contributed by atoms with Crippen molar-refractivity contribution >= 4 is 11.3 Å². The fourth-order valence-electron chi connectivity index (χ4n) is 2.10. The molecule has 0 amide bonds. The maximum absolute atomic E-state index is 6.13. The highest BCUT2D eigenvalue weighted by Crippen LogP contribution is 2.16. The molecule has 108 valence electrons. The van der Waals surface area contributed by atoms with E-state index in [0.717, 1.165) is 16.3 Å². The second-order valence-corrected chi connectivity index (χ2v) is 5.94. The Hall–Kier alpha value is -2.05. The zero-order valence-electron chi connectivity index (χ0n) is 11.7. The average molecular weight is 300 g/mol. The first-order valence-corrected chi connectivity index (χ1v) is 7.61. The maximum atomic E-state index is 6.13. The van der Waals surface area contributed by atoms with Crippen LogP contribution >= 0.6 is 11.3 Å². The van der Waals surface area contributed by atoms with Gasteiger partial charge in [-0.05, 0) is 18.9 Å². The lowest BCUT2D eigenvalue weighted by atomic mass is 10.1. The van der Waals surface area contributed by atoms with Crippen molar-refractivity contribution in [1.29, 1.82) is 0 Å². The Kier molecular flexibility index (Phi) is 4.08. The van der Waals surface area contributed by atoms with Crippen LogP contribution < -0.4 is 5.73 Å². The molecule has 1 atom stereocenters. The minimum absolute atomic E-state index is 0.286. The molecule has 0 unspecified atom stereocenters. The lowest BCUT2D eigenvalue weighted by molar-refractivity contribution is 0.350. The first-order valence-electron chi connectivity index (χ1n) is 6.73. The van der Waals surface area contributed by atoms with Crippen LogP contribution in [-0.4, -0.2) is 15.1 Å². The van der Waals surface area contributed by atoms with Gasteiger partial charge in [0.25, 0.3) is 0 Å². The summed E-state index contributed by atoms with van der Waals surface area (Å²) >= 11 is 1.62. The Balaban J connectivity index is 1.66. The maximum Gasteiger partial charge on any atom is 0.243 e. The van der Waals surface area contributed by atoms with Crippen LogP contribution in [-0.2, 0) is 12.8 Å². The molecule has 3 aromatic rings. The number of aromatic nitrogens is 3. The average Bonchev–Trinajstić information content (AvgIpc) is 3.10. The van der Waals surface area contributed by atoms with Crippen molar-refractivity contribution in [2.45, 2.75) is 25.8 Å². The monoisotopic (exact) mass is 300 g/mol. The fourth-order valence-corrected chi connectivity index (χ4v) is 2.71. The quantitative estimate of drug-likeness (QED) is 0.783. The third kappa shape index (κ3) is 3.53. The lowest BCUT2D eigenvalue weighted by Gasteiger charge is -2.05. The number of thiazole rings is 1. The summed E-state index contributed by atoms with van der Waals surface area (Å²) in [6.07, 6.45) is 1.25. The van der Waals surface area contributed by atoms with Gasteiger partial charge in [-0.3, -0.25) is 0 Å². The van der Waals surface area contributed by atoms with Crippen LogP contribution in [0.25, 0.3) is 0 Å². The minimum Gasteiger partial charge on any atom is -0.338 e. The summed E-state index contributed by atoms with van der Waals surface area (Å²) in [5, 5.41) is 7.03. The molecule has 0 aliphatic rings. The normalized spacial score (nSPS) is 12.5. The topological polar surface area (TPSA) is 77.8 Å². The zero-order chi connectivity index (χ0) is 14.7. The van der Waals surface area contributed by atoms with Crippen molar-refractivity contribution in [1.82, 2.24) is 15.1 Å². The Morgan fingerprint density at radius 3 is 2.76 bits per heavy atom. The highest BCUT2D eigenvalue weighted by atomic mass is 32.1. The van der Waals surface area contributed by atoms with Crippen LogP contribution in [0.1, 0.15) is 34.0 Å². The van der Waals surface area contributed by atoms with Gasteiger partial charge in [0.1, 0.15) is 0 Å². The van der Waals surface area contributed by atoms with Crippen molar-refractivity contribution in [3.05, 3.63) is 63.7 Å². The van der Waals surface area contributed by atoms with Gasteiger partial charge in [0, 0.05) is 5.38 Å². The molecule has 2 aromatic heterocycles. The van der Waals surface area contributed by atoms with Gasteiger partial charge in [0.2, 0.25) is 5.89 Å². The summed E-state index contributed by atoms with van der Waals surface area (Å²) in [4.78, 5) is 8.77. The Bertz CT molecular complexity index is 707. The lowest BCUT2D eigenvalue weighted by Crippen LogP contribution is -2.13. The van der Waals surface area contributed by atoms with E-state index in [1.165, 1.54) is 0 Å². The molecule has 6 heteroatoms. The first-order chi connectivity index (χ1) is 10.2. The number of hydrogen-bond donors (Lipinski definition) is 1. The molecule has 0 saturated carbocycles. The first kappa shape index (κ1) is 13.9. The van der Waals surface area contributed by atoms with Gasteiger partial charge in [-0.15, -0.1) is 11.3 Å². The molecule has 0 aliphatic heterocycles. The second kappa shape index (κ2) is 6.15. The summed E-state index contributed by atoms with van der Waals surface area (Å²) < 4.78 is 5.27. The number of benzene rings is 1. The Morgan fingerprint density at radius 1 is 1.24 bits per heavy atom. The molecule has 21 heavy (non-hydrogen) atoms. The molecule has 0 bridgehead atoms. The number of rotatable bonds is 5. The Labute approximate surface area is 126 Å². The number of nitrogens with two attached hydrogens (primary N) is 1. The van der Waals surface area contributed by atoms with E-state index in [0.29, 0.717) is 24.6 Å². The van der Waals surface area contributed by atoms with Gasteiger partial charge in [-0.2, -0.15) is 4.98 Å². The van der Waals surface area contributed by atoms with Gasteiger partial charge in [-0.25, -0.2) is 4.98 Å². The molecule has 3 rings (SSSR count). The van der Waals surface area contributed by atoms with Crippen molar-refractivity contribution in [3.8, 4) is 0 Å². The van der Waals surface area contributed by atoms with Crippen molar-refractivity contribution < 1.29 is 4.52 Å². The predicted molar refractivity (Wildman–Crippen MR) is 81.0 cm³/mol. The highest BCUT2D eigenvalue weighted by Gasteiger charge is 2.16. The molecule has 0 aliphatic carbocycles. The van der Waals surface area contributed by atoms with Crippen LogP contribution in [0, 0.1) is 6.92 Å². The number of hydrogen-bond acceptors (Lipinski definition) is 6. The van der Waals surface area contributed by atoms with E-state index in [4.69, 9.17) is 10.3 Å². The molecule has 2 heterocycles. The standard InChI is InChI=1S/C15H16N4OS/c1-10-17-12(9-21-10)8-14-18-15(20-19-14)13(16)7-11-5-3-2-4-6-11/h2-6,9,13H,7-8,16H2,1H3/t13-/m1/s1. The van der Waals surface area contributed by atoms with E-state index in [1.54, 1.807) is 11.3 Å². The van der Waals surface area contributed by atoms with Gasteiger partial charge >= 0.3 is 0 Å². The van der Waals surface area contributed by atoms with E-state index in [1.807, 2.05) is 42.6 Å². The van der Waals surface area contributed by atoms with Crippen LogP contribution in [0.5, 0.6) is 0 Å². The van der Waals surface area contributed by atoms with E-state index >= 15 is 0 Å². The van der Waals surface area contributed by atoms with E-state index < -0.39 is 0 Å². The van der Waals surface area contributed by atoms with Crippen LogP contribution in [0.4, 0.5) is 0 Å². The van der Waals surface area contributed by atoms with Crippen LogP contribution in [0.2, 0.25) is 0 Å². The van der Waals surface area contributed by atoms with E-state index in [-0.39, 0.29) is 6.04 Å². The SMILES string of the molecule is Cc1nc(Cc2noc([C@H](N)Cc3ccccc3)n2)cs1. The predicted octanol–water partition coefficient (Wildman–Crippen LogP) is 2.67. The molecule has 0 spiro atoms. The molecule has 1 aromatic carbocycles. The highest BCUT2D eigenvalue weighted by molar-refractivity contribution is 7.09. The summed E-state index contributed by atoms with van der Waals surface area (Å²) in [7, 11) is 0. The Morgan fingerprint density at radius 2 is 2.05 bits per heavy atom.